The summed E-state index contributed by atoms with van der Waals surface area (Å²) in [6, 6.07) is 8.02. The van der Waals surface area contributed by atoms with Gasteiger partial charge in [0.15, 0.2) is 15.5 Å². The van der Waals surface area contributed by atoms with E-state index in [1.54, 1.807) is 24.4 Å². The fourth-order valence-corrected chi connectivity index (χ4v) is 2.84. The van der Waals surface area contributed by atoms with Crippen LogP contribution in [0.15, 0.2) is 47.8 Å². The molecule has 1 aromatic carbocycles. The minimum atomic E-state index is -3.32. The zero-order valence-electron chi connectivity index (χ0n) is 11.6. The smallest absolute Gasteiger partial charge is 0.252 e. The lowest BCUT2D eigenvalue weighted by atomic mass is 10.1. The second kappa shape index (κ2) is 4.92. The highest BCUT2D eigenvalue weighted by Gasteiger charge is 2.14. The van der Waals surface area contributed by atoms with Crippen molar-refractivity contribution in [1.82, 2.24) is 14.6 Å². The lowest BCUT2D eigenvalue weighted by molar-refractivity contribution is 0.100. The maximum atomic E-state index is 11.7. The average Bonchev–Trinajstić information content (AvgIpc) is 2.93. The van der Waals surface area contributed by atoms with Crippen LogP contribution in [0.1, 0.15) is 10.4 Å². The number of hydrogen-bond acceptors (Lipinski definition) is 5. The summed E-state index contributed by atoms with van der Waals surface area (Å²) in [7, 11) is -3.32. The Morgan fingerprint density at radius 1 is 1.23 bits per heavy atom. The van der Waals surface area contributed by atoms with Crippen LogP contribution in [0.5, 0.6) is 0 Å². The Hall–Kier alpha value is -2.74. The highest BCUT2D eigenvalue weighted by molar-refractivity contribution is 7.90. The summed E-state index contributed by atoms with van der Waals surface area (Å²) in [5, 5.41) is 4.00. The molecule has 8 heteroatoms. The molecule has 7 nitrogen and oxygen atoms in total. The Morgan fingerprint density at radius 2 is 2.00 bits per heavy atom. The van der Waals surface area contributed by atoms with Crippen molar-refractivity contribution in [3.63, 3.8) is 0 Å². The number of carbonyl (C=O) groups is 1. The number of rotatable bonds is 3. The number of sulfone groups is 1. The van der Waals surface area contributed by atoms with Crippen LogP contribution in [0.4, 0.5) is 0 Å². The monoisotopic (exact) mass is 316 g/mol. The summed E-state index contributed by atoms with van der Waals surface area (Å²) in [6.45, 7) is 0. The highest BCUT2D eigenvalue weighted by atomic mass is 32.2. The molecule has 1 amide bonds. The quantitative estimate of drug-likeness (QED) is 0.772. The number of primary amides is 1. The molecule has 0 radical (unpaired) electrons. The minimum Gasteiger partial charge on any atom is -0.365 e. The normalized spacial score (nSPS) is 11.7. The first-order valence-electron chi connectivity index (χ1n) is 6.30. The standard InChI is InChI=1S/C14H12N4O3S/c1-22(20,21)11-4-2-3-9(5-11)10-6-12(13(15)19)14-16-8-17-18(14)7-10/h2-8H,1H3,(H2,15,19). The Morgan fingerprint density at radius 3 is 2.68 bits per heavy atom. The maximum absolute atomic E-state index is 11.7. The first kappa shape index (κ1) is 14.2. The van der Waals surface area contributed by atoms with Gasteiger partial charge in [0.2, 0.25) is 0 Å². The molecule has 0 saturated carbocycles. The second-order valence-corrected chi connectivity index (χ2v) is 6.85. The van der Waals surface area contributed by atoms with Crippen LogP contribution in [0, 0.1) is 0 Å². The van der Waals surface area contributed by atoms with Crippen molar-refractivity contribution in [2.45, 2.75) is 4.90 Å². The molecule has 0 fully saturated rings. The molecule has 0 aliphatic carbocycles. The zero-order valence-corrected chi connectivity index (χ0v) is 12.4. The molecule has 0 unspecified atom stereocenters. The third-order valence-electron chi connectivity index (χ3n) is 3.24. The predicted molar refractivity (Wildman–Crippen MR) is 80.1 cm³/mol. The lowest BCUT2D eigenvalue weighted by Gasteiger charge is -2.07. The lowest BCUT2D eigenvalue weighted by Crippen LogP contribution is -2.13. The van der Waals surface area contributed by atoms with Crippen LogP contribution in [0.25, 0.3) is 16.8 Å². The number of nitrogens with zero attached hydrogens (tertiary/aromatic N) is 3. The van der Waals surface area contributed by atoms with Crippen molar-refractivity contribution in [2.24, 2.45) is 5.73 Å². The molecular weight excluding hydrogens is 304 g/mol. The third kappa shape index (κ3) is 2.44. The average molecular weight is 316 g/mol. The summed E-state index contributed by atoms with van der Waals surface area (Å²) in [4.78, 5) is 15.8. The van der Waals surface area contributed by atoms with Gasteiger partial charge in [-0.15, -0.1) is 0 Å². The number of benzene rings is 1. The Bertz CT molecular complexity index is 992. The van der Waals surface area contributed by atoms with Gasteiger partial charge in [-0.1, -0.05) is 12.1 Å². The van der Waals surface area contributed by atoms with Gasteiger partial charge >= 0.3 is 0 Å². The molecule has 3 aromatic rings. The summed E-state index contributed by atoms with van der Waals surface area (Å²) in [5.74, 6) is -0.626. The highest BCUT2D eigenvalue weighted by Crippen LogP contribution is 2.24. The first-order chi connectivity index (χ1) is 10.4. The van der Waals surface area contributed by atoms with Gasteiger partial charge in [0.25, 0.3) is 5.91 Å². The summed E-state index contributed by atoms with van der Waals surface area (Å²) >= 11 is 0. The molecule has 3 rings (SSSR count). The van der Waals surface area contributed by atoms with Crippen LogP contribution in [-0.2, 0) is 9.84 Å². The predicted octanol–water partition coefficient (Wildman–Crippen LogP) is 0.899. The van der Waals surface area contributed by atoms with Crippen molar-refractivity contribution < 1.29 is 13.2 Å². The molecule has 112 valence electrons. The SMILES string of the molecule is CS(=O)(=O)c1cccc(-c2cc(C(N)=O)c3ncnn3c2)c1. The van der Waals surface area contributed by atoms with E-state index in [2.05, 4.69) is 10.1 Å². The topological polar surface area (TPSA) is 107 Å². The van der Waals surface area contributed by atoms with Gasteiger partial charge in [-0.05, 0) is 23.8 Å². The van der Waals surface area contributed by atoms with E-state index in [1.807, 2.05) is 0 Å². The number of carbonyl (C=O) groups excluding carboxylic acids is 1. The van der Waals surface area contributed by atoms with Crippen LogP contribution in [0.2, 0.25) is 0 Å². The molecule has 0 spiro atoms. The molecule has 22 heavy (non-hydrogen) atoms. The fraction of sp³-hybridized carbons (Fsp3) is 0.0714. The van der Waals surface area contributed by atoms with Crippen molar-refractivity contribution in [3.05, 3.63) is 48.4 Å². The van der Waals surface area contributed by atoms with E-state index in [4.69, 9.17) is 5.73 Å². The van der Waals surface area contributed by atoms with Gasteiger partial charge in [-0.2, -0.15) is 5.10 Å². The van der Waals surface area contributed by atoms with E-state index in [9.17, 15) is 13.2 Å². The molecule has 2 heterocycles. The van der Waals surface area contributed by atoms with Gasteiger partial charge in [0.1, 0.15) is 6.33 Å². The number of hydrogen-bond donors (Lipinski definition) is 1. The largest absolute Gasteiger partial charge is 0.365 e. The molecule has 0 aliphatic heterocycles. The first-order valence-corrected chi connectivity index (χ1v) is 8.19. The van der Waals surface area contributed by atoms with E-state index < -0.39 is 15.7 Å². The molecule has 0 atom stereocenters. The molecule has 0 aliphatic rings. The van der Waals surface area contributed by atoms with Crippen molar-refractivity contribution >= 4 is 21.4 Å². The van der Waals surface area contributed by atoms with Crippen molar-refractivity contribution in [1.29, 1.82) is 0 Å². The van der Waals surface area contributed by atoms with E-state index >= 15 is 0 Å². The molecule has 2 aromatic heterocycles. The summed E-state index contributed by atoms with van der Waals surface area (Å²) in [5.41, 5.74) is 7.21. The van der Waals surface area contributed by atoms with Gasteiger partial charge in [-0.3, -0.25) is 4.79 Å². The number of nitrogens with two attached hydrogens (primary N) is 1. The number of amides is 1. The molecule has 2 N–H and O–H groups in total. The van der Waals surface area contributed by atoms with E-state index in [0.29, 0.717) is 16.8 Å². The van der Waals surface area contributed by atoms with Crippen LogP contribution < -0.4 is 5.73 Å². The van der Waals surface area contributed by atoms with Crippen molar-refractivity contribution in [3.8, 4) is 11.1 Å². The van der Waals surface area contributed by atoms with Gasteiger partial charge in [0.05, 0.1) is 10.5 Å². The van der Waals surface area contributed by atoms with Crippen molar-refractivity contribution in [2.75, 3.05) is 6.26 Å². The van der Waals surface area contributed by atoms with Crippen LogP contribution in [-0.4, -0.2) is 35.2 Å². The Kier molecular flexibility index (Phi) is 3.18. The van der Waals surface area contributed by atoms with Crippen LogP contribution in [0.3, 0.4) is 0 Å². The van der Waals surface area contributed by atoms with E-state index in [1.165, 1.54) is 23.0 Å². The fourth-order valence-electron chi connectivity index (χ4n) is 2.17. The second-order valence-electron chi connectivity index (χ2n) is 4.83. The molecular formula is C14H12N4O3S. The minimum absolute atomic E-state index is 0.198. The maximum Gasteiger partial charge on any atom is 0.252 e. The molecule has 0 saturated heterocycles. The molecule has 0 bridgehead atoms. The third-order valence-corrected chi connectivity index (χ3v) is 4.35. The van der Waals surface area contributed by atoms with E-state index in [-0.39, 0.29) is 10.5 Å². The number of pyridine rings is 1. The van der Waals surface area contributed by atoms with Gasteiger partial charge in [0, 0.05) is 18.0 Å². The van der Waals surface area contributed by atoms with E-state index in [0.717, 1.165) is 6.26 Å². The summed E-state index contributed by atoms with van der Waals surface area (Å²) in [6.07, 6.45) is 4.12. The number of aromatic nitrogens is 3. The zero-order chi connectivity index (χ0) is 15.9. The summed E-state index contributed by atoms with van der Waals surface area (Å²) < 4.78 is 24.8. The van der Waals surface area contributed by atoms with Crippen LogP contribution >= 0.6 is 0 Å². The van der Waals surface area contributed by atoms with Gasteiger partial charge < -0.3 is 5.73 Å². The number of fused-ring (bicyclic) bond motifs is 1. The Balaban J connectivity index is 2.25. The Labute approximate surface area is 126 Å². The van der Waals surface area contributed by atoms with Gasteiger partial charge in [-0.25, -0.2) is 17.9 Å².